The number of amides is 1. The zero-order valence-electron chi connectivity index (χ0n) is 15.5. The zero-order valence-corrected chi connectivity index (χ0v) is 17.9. The van der Waals surface area contributed by atoms with Crippen LogP contribution in [-0.4, -0.2) is 70.1 Å². The maximum Gasteiger partial charge on any atom is 0.251 e. The highest BCUT2D eigenvalue weighted by Crippen LogP contribution is 2.35. The summed E-state index contributed by atoms with van der Waals surface area (Å²) in [7, 11) is -0.145. The van der Waals surface area contributed by atoms with Crippen LogP contribution in [-0.2, 0) is 9.84 Å². The monoisotopic (exact) mass is 460 g/mol. The molecule has 9 heteroatoms. The van der Waals surface area contributed by atoms with Crippen molar-refractivity contribution < 1.29 is 22.7 Å². The van der Waals surface area contributed by atoms with Crippen LogP contribution in [0.1, 0.15) is 29.6 Å². The topological polar surface area (TPSA) is 84.9 Å². The van der Waals surface area contributed by atoms with Crippen LogP contribution in [0.5, 0.6) is 11.5 Å². The lowest BCUT2D eigenvalue weighted by Crippen LogP contribution is -2.52. The number of piperidine rings is 1. The maximum atomic E-state index is 12.8. The van der Waals surface area contributed by atoms with E-state index in [0.717, 1.165) is 25.9 Å². The first-order chi connectivity index (χ1) is 12.8. The van der Waals surface area contributed by atoms with Crippen molar-refractivity contribution in [1.82, 2.24) is 10.2 Å². The molecule has 7 nitrogen and oxygen atoms in total. The van der Waals surface area contributed by atoms with Gasteiger partial charge in [-0.3, -0.25) is 9.69 Å². The quantitative estimate of drug-likeness (QED) is 0.721. The van der Waals surface area contributed by atoms with Gasteiger partial charge in [-0.25, -0.2) is 8.42 Å². The number of sulfone groups is 1. The van der Waals surface area contributed by atoms with Crippen molar-refractivity contribution in [1.29, 1.82) is 0 Å². The Hall–Kier alpha value is -1.32. The third-order valence-electron chi connectivity index (χ3n) is 5.21. The van der Waals surface area contributed by atoms with Crippen molar-refractivity contribution in [2.24, 2.45) is 0 Å². The molecule has 1 aromatic rings. The minimum Gasteiger partial charge on any atom is -0.495 e. The molecule has 0 aromatic heterocycles. The number of methoxy groups -OCH3 is 2. The second-order valence-corrected chi connectivity index (χ2v) is 9.96. The highest BCUT2D eigenvalue weighted by Gasteiger charge is 2.42. The van der Waals surface area contributed by atoms with Gasteiger partial charge in [0.15, 0.2) is 9.84 Å². The molecular weight excluding hydrogens is 436 g/mol. The van der Waals surface area contributed by atoms with Gasteiger partial charge in [0.05, 0.1) is 31.8 Å². The lowest BCUT2D eigenvalue weighted by Gasteiger charge is -2.35. The highest BCUT2D eigenvalue weighted by molar-refractivity contribution is 9.10. The summed E-state index contributed by atoms with van der Waals surface area (Å²) in [6.07, 6.45) is 3.31. The van der Waals surface area contributed by atoms with Crippen molar-refractivity contribution in [3.8, 4) is 11.5 Å². The van der Waals surface area contributed by atoms with Gasteiger partial charge in [-0.05, 0) is 54.0 Å². The fourth-order valence-corrected chi connectivity index (χ4v) is 6.33. The summed E-state index contributed by atoms with van der Waals surface area (Å²) >= 11 is 3.38. The largest absolute Gasteiger partial charge is 0.495 e. The van der Waals surface area contributed by atoms with E-state index in [-0.39, 0.29) is 23.5 Å². The van der Waals surface area contributed by atoms with Crippen LogP contribution in [0, 0.1) is 0 Å². The number of nitrogens with one attached hydrogen (secondary N) is 1. The summed E-state index contributed by atoms with van der Waals surface area (Å²) in [6, 6.07) is 2.64. The average Bonchev–Trinajstić information content (AvgIpc) is 2.96. The van der Waals surface area contributed by atoms with Gasteiger partial charge >= 0.3 is 0 Å². The van der Waals surface area contributed by atoms with Gasteiger partial charge in [-0.15, -0.1) is 0 Å². The molecule has 1 amide bonds. The number of rotatable bonds is 5. The Kier molecular flexibility index (Phi) is 6.32. The average molecular weight is 461 g/mol. The first-order valence-electron chi connectivity index (χ1n) is 9.01. The normalized spacial score (nSPS) is 25.1. The fraction of sp³-hybridized carbons (Fsp3) is 0.611. The van der Waals surface area contributed by atoms with Crippen LogP contribution in [0.3, 0.4) is 0 Å². The summed E-state index contributed by atoms with van der Waals surface area (Å²) in [5.74, 6) is 0.704. The van der Waals surface area contributed by atoms with E-state index in [1.807, 2.05) is 0 Å². The van der Waals surface area contributed by atoms with Crippen molar-refractivity contribution >= 4 is 31.7 Å². The van der Waals surface area contributed by atoms with E-state index in [4.69, 9.17) is 9.47 Å². The molecule has 2 fully saturated rings. The molecule has 2 atom stereocenters. The molecule has 27 heavy (non-hydrogen) atoms. The lowest BCUT2D eigenvalue weighted by atomic mass is 10.0. The van der Waals surface area contributed by atoms with Crippen molar-refractivity contribution in [3.05, 3.63) is 22.2 Å². The second kappa shape index (κ2) is 8.36. The Morgan fingerprint density at radius 3 is 2.26 bits per heavy atom. The number of ether oxygens (including phenoxy) is 2. The number of nitrogens with zero attached hydrogens (tertiary/aromatic N) is 1. The maximum absolute atomic E-state index is 12.8. The molecule has 2 aliphatic heterocycles. The summed E-state index contributed by atoms with van der Waals surface area (Å²) < 4.78 is 35.7. The molecule has 3 rings (SSSR count). The number of likely N-dealkylation sites (tertiary alicyclic amines) is 1. The molecule has 0 bridgehead atoms. The second-order valence-electron chi connectivity index (χ2n) is 7.02. The number of carbonyl (C=O) groups excluding carboxylic acids is 1. The van der Waals surface area contributed by atoms with Gasteiger partial charge in [-0.2, -0.15) is 0 Å². The van der Waals surface area contributed by atoms with Crippen molar-refractivity contribution in [2.75, 3.05) is 38.8 Å². The first-order valence-corrected chi connectivity index (χ1v) is 11.6. The predicted molar refractivity (Wildman–Crippen MR) is 106 cm³/mol. The summed E-state index contributed by atoms with van der Waals surface area (Å²) in [6.45, 7) is 1.76. The molecule has 2 aliphatic rings. The molecular formula is C18H25BrN2O5S. The van der Waals surface area contributed by atoms with E-state index >= 15 is 0 Å². The van der Waals surface area contributed by atoms with E-state index in [1.165, 1.54) is 20.6 Å². The standard InChI is InChI=1S/C18H25BrN2O5S/c1-25-15-8-12(9-16(26-2)17(15)19)18(22)20-13-10-27(23,24)11-14(13)21-6-4-3-5-7-21/h8-9,13-14H,3-7,10-11H2,1-2H3,(H,20,22)/t13-,14+/m1/s1. The Morgan fingerprint density at radius 1 is 1.11 bits per heavy atom. The third-order valence-corrected chi connectivity index (χ3v) is 7.70. The molecule has 0 saturated carbocycles. The molecule has 0 aliphatic carbocycles. The van der Waals surface area contributed by atoms with E-state index in [0.29, 0.717) is 21.5 Å². The number of carbonyl (C=O) groups is 1. The van der Waals surface area contributed by atoms with Crippen molar-refractivity contribution in [2.45, 2.75) is 31.3 Å². The summed E-state index contributed by atoms with van der Waals surface area (Å²) in [5.41, 5.74) is 0.369. The minimum absolute atomic E-state index is 0.0231. The minimum atomic E-state index is -3.17. The van der Waals surface area contributed by atoms with E-state index < -0.39 is 15.9 Å². The first kappa shape index (κ1) is 20.4. The van der Waals surface area contributed by atoms with Crippen LogP contribution < -0.4 is 14.8 Å². The Morgan fingerprint density at radius 2 is 1.70 bits per heavy atom. The van der Waals surface area contributed by atoms with Gasteiger partial charge in [-0.1, -0.05) is 6.42 Å². The van der Waals surface area contributed by atoms with Crippen LogP contribution >= 0.6 is 15.9 Å². The van der Waals surface area contributed by atoms with Gasteiger partial charge in [0.1, 0.15) is 16.0 Å². The number of benzene rings is 1. The molecule has 2 heterocycles. The van der Waals surface area contributed by atoms with E-state index in [2.05, 4.69) is 26.1 Å². The highest BCUT2D eigenvalue weighted by atomic mass is 79.9. The van der Waals surface area contributed by atoms with Gasteiger partial charge < -0.3 is 14.8 Å². The summed E-state index contributed by atoms with van der Waals surface area (Å²) in [4.78, 5) is 15.0. The van der Waals surface area contributed by atoms with E-state index in [9.17, 15) is 13.2 Å². The molecule has 0 radical (unpaired) electrons. The van der Waals surface area contributed by atoms with Crippen LogP contribution in [0.2, 0.25) is 0 Å². The smallest absolute Gasteiger partial charge is 0.251 e. The summed E-state index contributed by atoms with van der Waals surface area (Å²) in [5, 5.41) is 2.93. The Bertz CT molecular complexity index is 783. The zero-order chi connectivity index (χ0) is 19.6. The molecule has 1 aromatic carbocycles. The number of halogens is 1. The van der Waals surface area contributed by atoms with Gasteiger partial charge in [0, 0.05) is 11.6 Å². The number of hydrogen-bond acceptors (Lipinski definition) is 6. The van der Waals surface area contributed by atoms with Crippen LogP contribution in [0.25, 0.3) is 0 Å². The van der Waals surface area contributed by atoms with Gasteiger partial charge in [0.25, 0.3) is 5.91 Å². The Labute approximate surface area is 168 Å². The Balaban J connectivity index is 1.81. The van der Waals surface area contributed by atoms with Crippen molar-refractivity contribution in [3.63, 3.8) is 0 Å². The number of hydrogen-bond donors (Lipinski definition) is 1. The van der Waals surface area contributed by atoms with E-state index in [1.54, 1.807) is 12.1 Å². The molecule has 150 valence electrons. The fourth-order valence-electron chi connectivity index (χ4n) is 3.83. The molecule has 0 spiro atoms. The van der Waals surface area contributed by atoms with Crippen LogP contribution in [0.4, 0.5) is 0 Å². The van der Waals surface area contributed by atoms with Crippen LogP contribution in [0.15, 0.2) is 16.6 Å². The molecule has 2 saturated heterocycles. The lowest BCUT2D eigenvalue weighted by molar-refractivity contribution is 0.0899. The van der Waals surface area contributed by atoms with Gasteiger partial charge in [0.2, 0.25) is 0 Å². The predicted octanol–water partition coefficient (Wildman–Crippen LogP) is 1.85. The molecule has 1 N–H and O–H groups in total. The third kappa shape index (κ3) is 4.57. The SMILES string of the molecule is COc1cc(C(=O)N[C@@H]2CS(=O)(=O)C[C@@H]2N2CCCCC2)cc(OC)c1Br. The molecule has 0 unspecified atom stereocenters.